The first-order valence-electron chi connectivity index (χ1n) is 6.42. The summed E-state index contributed by atoms with van der Waals surface area (Å²) in [4.78, 5) is 6.61. The molecule has 1 aliphatic rings. The van der Waals surface area contributed by atoms with Crippen LogP contribution in [-0.4, -0.2) is 20.6 Å². The molecule has 0 amide bonds. The standard InChI is InChI=1S/C16H16N2O2/c1-19-15-8-12-10-18(13-6-4-3-5-7-13)11-17-14(12)9-16(15)20-2/h3-9,11H,10H2,1-2H3. The third-order valence-corrected chi connectivity index (χ3v) is 3.35. The molecule has 4 heteroatoms. The second-order valence-electron chi connectivity index (χ2n) is 4.54. The lowest BCUT2D eigenvalue weighted by molar-refractivity contribution is 0.354. The van der Waals surface area contributed by atoms with Crippen LogP contribution in [0.2, 0.25) is 0 Å². The first kappa shape index (κ1) is 12.5. The molecule has 0 unspecified atom stereocenters. The minimum Gasteiger partial charge on any atom is -0.493 e. The number of fused-ring (bicyclic) bond motifs is 1. The summed E-state index contributed by atoms with van der Waals surface area (Å²) >= 11 is 0. The quantitative estimate of drug-likeness (QED) is 0.855. The average Bonchev–Trinajstić information content (AvgIpc) is 2.53. The van der Waals surface area contributed by atoms with Crippen molar-refractivity contribution in [2.45, 2.75) is 6.54 Å². The number of ether oxygens (including phenoxy) is 2. The number of rotatable bonds is 3. The molecule has 0 saturated carbocycles. The molecule has 1 heterocycles. The number of para-hydroxylation sites is 1. The van der Waals surface area contributed by atoms with Crippen molar-refractivity contribution in [2.75, 3.05) is 19.1 Å². The second-order valence-corrected chi connectivity index (χ2v) is 4.54. The van der Waals surface area contributed by atoms with Gasteiger partial charge >= 0.3 is 0 Å². The highest BCUT2D eigenvalue weighted by molar-refractivity contribution is 5.84. The largest absolute Gasteiger partial charge is 0.493 e. The second kappa shape index (κ2) is 5.25. The van der Waals surface area contributed by atoms with Crippen molar-refractivity contribution in [2.24, 2.45) is 4.99 Å². The third kappa shape index (κ3) is 2.20. The molecule has 0 spiro atoms. The summed E-state index contributed by atoms with van der Waals surface area (Å²) in [6.45, 7) is 0.767. The molecule has 4 nitrogen and oxygen atoms in total. The Balaban J connectivity index is 1.96. The zero-order chi connectivity index (χ0) is 13.9. The van der Waals surface area contributed by atoms with E-state index in [1.165, 1.54) is 0 Å². The highest BCUT2D eigenvalue weighted by atomic mass is 16.5. The van der Waals surface area contributed by atoms with Crippen molar-refractivity contribution < 1.29 is 9.47 Å². The van der Waals surface area contributed by atoms with Gasteiger partial charge in [0.15, 0.2) is 11.5 Å². The molecule has 3 rings (SSSR count). The summed E-state index contributed by atoms with van der Waals surface area (Å²) in [6, 6.07) is 14.1. The fraction of sp³-hybridized carbons (Fsp3) is 0.188. The van der Waals surface area contributed by atoms with Gasteiger partial charge in [-0.25, -0.2) is 4.99 Å². The molecule has 0 radical (unpaired) electrons. The summed E-state index contributed by atoms with van der Waals surface area (Å²) in [7, 11) is 3.28. The lowest BCUT2D eigenvalue weighted by Crippen LogP contribution is -2.23. The molecule has 0 N–H and O–H groups in total. The lowest BCUT2D eigenvalue weighted by atomic mass is 10.1. The van der Waals surface area contributed by atoms with Gasteiger partial charge in [0.1, 0.15) is 0 Å². The zero-order valence-corrected chi connectivity index (χ0v) is 11.5. The molecule has 102 valence electrons. The van der Waals surface area contributed by atoms with Crippen LogP contribution >= 0.6 is 0 Å². The number of methoxy groups -OCH3 is 2. The Morgan fingerprint density at radius 3 is 2.40 bits per heavy atom. The topological polar surface area (TPSA) is 34.1 Å². The third-order valence-electron chi connectivity index (χ3n) is 3.35. The van der Waals surface area contributed by atoms with Gasteiger partial charge in [-0.1, -0.05) is 18.2 Å². The molecular formula is C16H16N2O2. The van der Waals surface area contributed by atoms with E-state index < -0.39 is 0 Å². The van der Waals surface area contributed by atoms with Crippen LogP contribution in [0.5, 0.6) is 11.5 Å². The molecule has 20 heavy (non-hydrogen) atoms. The molecule has 0 saturated heterocycles. The maximum atomic E-state index is 5.35. The van der Waals surface area contributed by atoms with Gasteiger partial charge in [-0.2, -0.15) is 0 Å². The van der Waals surface area contributed by atoms with Gasteiger partial charge < -0.3 is 14.4 Å². The van der Waals surface area contributed by atoms with Crippen LogP contribution in [0.25, 0.3) is 0 Å². The van der Waals surface area contributed by atoms with Crippen molar-refractivity contribution in [3.63, 3.8) is 0 Å². The Morgan fingerprint density at radius 1 is 1.00 bits per heavy atom. The first-order valence-corrected chi connectivity index (χ1v) is 6.42. The van der Waals surface area contributed by atoms with E-state index in [-0.39, 0.29) is 0 Å². The van der Waals surface area contributed by atoms with E-state index in [2.05, 4.69) is 22.0 Å². The summed E-state index contributed by atoms with van der Waals surface area (Å²) in [5, 5.41) is 0. The Bertz CT molecular complexity index is 638. The number of anilines is 1. The van der Waals surface area contributed by atoms with Crippen LogP contribution in [0.4, 0.5) is 11.4 Å². The Morgan fingerprint density at radius 2 is 1.70 bits per heavy atom. The van der Waals surface area contributed by atoms with Gasteiger partial charge in [0.25, 0.3) is 0 Å². The van der Waals surface area contributed by atoms with Gasteiger partial charge in [0, 0.05) is 17.3 Å². The van der Waals surface area contributed by atoms with Crippen molar-refractivity contribution in [1.82, 2.24) is 0 Å². The van der Waals surface area contributed by atoms with E-state index in [0.29, 0.717) is 5.75 Å². The minimum atomic E-state index is 0.705. The first-order chi connectivity index (χ1) is 9.81. The van der Waals surface area contributed by atoms with Crippen LogP contribution in [0.1, 0.15) is 5.56 Å². The van der Waals surface area contributed by atoms with Crippen LogP contribution in [0.3, 0.4) is 0 Å². The Kier molecular flexibility index (Phi) is 3.29. The minimum absolute atomic E-state index is 0.705. The van der Waals surface area contributed by atoms with Crippen molar-refractivity contribution in [1.29, 1.82) is 0 Å². The molecule has 1 aliphatic heterocycles. The molecule has 0 aromatic heterocycles. The summed E-state index contributed by atoms with van der Waals surface area (Å²) < 4.78 is 10.6. The van der Waals surface area contributed by atoms with Crippen LogP contribution in [0.15, 0.2) is 47.5 Å². The lowest BCUT2D eigenvalue weighted by Gasteiger charge is -2.25. The number of aliphatic imine (C=N–C) groups is 1. The Hall–Kier alpha value is -2.49. The van der Waals surface area contributed by atoms with Gasteiger partial charge in [0.05, 0.1) is 32.8 Å². The summed E-state index contributed by atoms with van der Waals surface area (Å²) in [5.74, 6) is 1.44. The molecular weight excluding hydrogens is 252 g/mol. The monoisotopic (exact) mass is 268 g/mol. The number of nitrogens with zero attached hydrogens (tertiary/aromatic N) is 2. The number of hydrogen-bond donors (Lipinski definition) is 0. The smallest absolute Gasteiger partial charge is 0.162 e. The number of hydrogen-bond acceptors (Lipinski definition) is 4. The predicted octanol–water partition coefficient (Wildman–Crippen LogP) is 3.38. The molecule has 0 atom stereocenters. The fourth-order valence-electron chi connectivity index (χ4n) is 2.29. The zero-order valence-electron chi connectivity index (χ0n) is 11.5. The molecule has 2 aromatic carbocycles. The predicted molar refractivity (Wildman–Crippen MR) is 80.3 cm³/mol. The highest BCUT2D eigenvalue weighted by Gasteiger charge is 2.17. The highest BCUT2D eigenvalue weighted by Crippen LogP contribution is 2.37. The summed E-state index contributed by atoms with van der Waals surface area (Å²) in [5.41, 5.74) is 3.17. The molecule has 0 aliphatic carbocycles. The SMILES string of the molecule is COc1cc2c(cc1OC)N=CN(c1ccccc1)C2. The van der Waals surface area contributed by atoms with Crippen LogP contribution < -0.4 is 14.4 Å². The maximum Gasteiger partial charge on any atom is 0.162 e. The van der Waals surface area contributed by atoms with Gasteiger partial charge in [-0.3, -0.25) is 0 Å². The van der Waals surface area contributed by atoms with E-state index >= 15 is 0 Å². The molecule has 0 fully saturated rings. The van der Waals surface area contributed by atoms with Gasteiger partial charge in [-0.05, 0) is 18.2 Å². The van der Waals surface area contributed by atoms with Crippen molar-refractivity contribution >= 4 is 17.7 Å². The summed E-state index contributed by atoms with van der Waals surface area (Å²) in [6.07, 6.45) is 1.85. The van der Waals surface area contributed by atoms with Crippen LogP contribution in [-0.2, 0) is 6.54 Å². The normalized spacial score (nSPS) is 13.0. The number of benzene rings is 2. The van der Waals surface area contributed by atoms with E-state index in [1.54, 1.807) is 14.2 Å². The van der Waals surface area contributed by atoms with E-state index in [9.17, 15) is 0 Å². The van der Waals surface area contributed by atoms with Crippen molar-refractivity contribution in [3.8, 4) is 11.5 Å². The average molecular weight is 268 g/mol. The molecule has 2 aromatic rings. The van der Waals surface area contributed by atoms with E-state index in [0.717, 1.165) is 29.2 Å². The van der Waals surface area contributed by atoms with Gasteiger partial charge in [-0.15, -0.1) is 0 Å². The Labute approximate surface area is 118 Å². The van der Waals surface area contributed by atoms with E-state index in [1.807, 2.05) is 36.7 Å². The van der Waals surface area contributed by atoms with E-state index in [4.69, 9.17) is 9.47 Å². The fourth-order valence-corrected chi connectivity index (χ4v) is 2.29. The van der Waals surface area contributed by atoms with Gasteiger partial charge in [0.2, 0.25) is 0 Å². The molecule has 0 bridgehead atoms. The van der Waals surface area contributed by atoms with Crippen molar-refractivity contribution in [3.05, 3.63) is 48.0 Å². The maximum absolute atomic E-state index is 5.35. The van der Waals surface area contributed by atoms with Crippen LogP contribution in [0, 0.1) is 0 Å².